The van der Waals surface area contributed by atoms with Crippen molar-refractivity contribution in [2.24, 2.45) is 0 Å². The van der Waals surface area contributed by atoms with Crippen LogP contribution in [0.25, 0.3) is 0 Å². The highest BCUT2D eigenvalue weighted by Crippen LogP contribution is 2.27. The van der Waals surface area contributed by atoms with Crippen molar-refractivity contribution < 1.29 is 19.4 Å². The first kappa shape index (κ1) is 21.0. The molecule has 1 aliphatic heterocycles. The molecule has 2 unspecified atom stereocenters. The molecule has 26 heavy (non-hydrogen) atoms. The fourth-order valence-electron chi connectivity index (χ4n) is 3.61. The standard InChI is InChI=1S/C19H28N2O4.ClH/c1-24-19(10-12-20-13-11-19)18(23)21-14-6-8-15(9-7-14)25-17-5-3-2-4-16(17)22;/h6-9,16-17,20,22H,2-5,10-13H2,1H3,(H,21,23);1H. The number of carbonyl (C=O) groups excluding carboxylic acids is 1. The van der Waals surface area contributed by atoms with Crippen LogP contribution in [0.3, 0.4) is 0 Å². The van der Waals surface area contributed by atoms with Gasteiger partial charge in [-0.1, -0.05) is 6.42 Å². The number of ether oxygens (including phenoxy) is 2. The summed E-state index contributed by atoms with van der Waals surface area (Å²) in [5, 5.41) is 16.2. The lowest BCUT2D eigenvalue weighted by molar-refractivity contribution is -0.140. The average Bonchev–Trinajstić information content (AvgIpc) is 2.65. The van der Waals surface area contributed by atoms with Gasteiger partial charge in [0, 0.05) is 12.8 Å². The van der Waals surface area contributed by atoms with E-state index in [0.717, 1.165) is 44.5 Å². The molecule has 1 aliphatic carbocycles. The van der Waals surface area contributed by atoms with Crippen molar-refractivity contribution in [2.75, 3.05) is 25.5 Å². The van der Waals surface area contributed by atoms with E-state index in [1.165, 1.54) is 0 Å². The first-order valence-corrected chi connectivity index (χ1v) is 9.15. The molecule has 7 heteroatoms. The van der Waals surface area contributed by atoms with Gasteiger partial charge in [-0.15, -0.1) is 12.4 Å². The summed E-state index contributed by atoms with van der Waals surface area (Å²) < 4.78 is 11.4. The van der Waals surface area contributed by atoms with Crippen molar-refractivity contribution in [1.29, 1.82) is 0 Å². The number of anilines is 1. The summed E-state index contributed by atoms with van der Waals surface area (Å²) in [6.07, 6.45) is 4.62. The molecule has 1 aromatic rings. The number of aliphatic hydroxyl groups is 1. The Kier molecular flexibility index (Phi) is 7.70. The van der Waals surface area contributed by atoms with Crippen LogP contribution in [-0.2, 0) is 9.53 Å². The predicted molar refractivity (Wildman–Crippen MR) is 103 cm³/mol. The quantitative estimate of drug-likeness (QED) is 0.726. The van der Waals surface area contributed by atoms with E-state index in [1.54, 1.807) is 7.11 Å². The summed E-state index contributed by atoms with van der Waals surface area (Å²) in [5.41, 5.74) is -0.0383. The third-order valence-corrected chi connectivity index (χ3v) is 5.28. The lowest BCUT2D eigenvalue weighted by Crippen LogP contribution is -2.51. The number of hydrogen-bond donors (Lipinski definition) is 3. The summed E-state index contributed by atoms with van der Waals surface area (Å²) in [5.74, 6) is 0.611. The third kappa shape index (κ3) is 4.88. The SMILES string of the molecule is COC1(C(=O)Nc2ccc(OC3CCCCC3O)cc2)CCNCC1.Cl. The van der Waals surface area contributed by atoms with Gasteiger partial charge < -0.3 is 25.2 Å². The zero-order chi connectivity index (χ0) is 17.7. The van der Waals surface area contributed by atoms with Crippen molar-refractivity contribution in [2.45, 2.75) is 56.3 Å². The van der Waals surface area contributed by atoms with Crippen LogP contribution in [0.5, 0.6) is 5.75 Å². The number of halogens is 1. The number of hydrogen-bond acceptors (Lipinski definition) is 5. The van der Waals surface area contributed by atoms with E-state index in [9.17, 15) is 9.90 Å². The molecule has 1 heterocycles. The summed E-state index contributed by atoms with van der Waals surface area (Å²) in [4.78, 5) is 12.6. The number of methoxy groups -OCH3 is 1. The van der Waals surface area contributed by atoms with Crippen molar-refractivity contribution in [3.05, 3.63) is 24.3 Å². The van der Waals surface area contributed by atoms with Crippen LogP contribution in [0.1, 0.15) is 38.5 Å². The molecule has 1 aromatic carbocycles. The van der Waals surface area contributed by atoms with Gasteiger partial charge in [0.05, 0.1) is 6.10 Å². The highest BCUT2D eigenvalue weighted by atomic mass is 35.5. The molecule has 0 aromatic heterocycles. The zero-order valence-electron chi connectivity index (χ0n) is 15.2. The molecule has 0 radical (unpaired) electrons. The number of rotatable bonds is 5. The van der Waals surface area contributed by atoms with Crippen LogP contribution >= 0.6 is 12.4 Å². The maximum atomic E-state index is 12.6. The predicted octanol–water partition coefficient (Wildman–Crippen LogP) is 2.50. The van der Waals surface area contributed by atoms with Crippen LogP contribution in [0.15, 0.2) is 24.3 Å². The number of carbonyl (C=O) groups is 1. The molecule has 146 valence electrons. The summed E-state index contributed by atoms with van der Waals surface area (Å²) in [7, 11) is 1.59. The fraction of sp³-hybridized carbons (Fsp3) is 0.632. The lowest BCUT2D eigenvalue weighted by Gasteiger charge is -2.34. The number of benzene rings is 1. The molecule has 2 atom stereocenters. The Bertz CT molecular complexity index is 575. The van der Waals surface area contributed by atoms with E-state index in [-0.39, 0.29) is 24.4 Å². The van der Waals surface area contributed by atoms with Gasteiger partial charge in [0.1, 0.15) is 17.5 Å². The fourth-order valence-corrected chi connectivity index (χ4v) is 3.61. The van der Waals surface area contributed by atoms with Crippen LogP contribution in [0, 0.1) is 0 Å². The molecule has 3 N–H and O–H groups in total. The maximum Gasteiger partial charge on any atom is 0.256 e. The van der Waals surface area contributed by atoms with Gasteiger partial charge in [-0.2, -0.15) is 0 Å². The largest absolute Gasteiger partial charge is 0.488 e. The van der Waals surface area contributed by atoms with Crippen LogP contribution in [0.2, 0.25) is 0 Å². The number of piperidine rings is 1. The molecule has 2 fully saturated rings. The molecule has 1 saturated heterocycles. The second-order valence-corrected chi connectivity index (χ2v) is 6.94. The minimum atomic E-state index is -0.757. The van der Waals surface area contributed by atoms with Crippen LogP contribution in [-0.4, -0.2) is 49.0 Å². The normalized spacial score (nSPS) is 25.0. The van der Waals surface area contributed by atoms with E-state index in [0.29, 0.717) is 18.6 Å². The van der Waals surface area contributed by atoms with Gasteiger partial charge >= 0.3 is 0 Å². The van der Waals surface area contributed by atoms with E-state index in [4.69, 9.17) is 9.47 Å². The number of aliphatic hydroxyl groups excluding tert-OH is 1. The molecular formula is C19H29ClN2O4. The second-order valence-electron chi connectivity index (χ2n) is 6.94. The van der Waals surface area contributed by atoms with Crippen LogP contribution < -0.4 is 15.4 Å². The number of nitrogens with one attached hydrogen (secondary N) is 2. The van der Waals surface area contributed by atoms with E-state index >= 15 is 0 Å². The highest BCUT2D eigenvalue weighted by molar-refractivity contribution is 5.97. The molecule has 1 amide bonds. The Morgan fingerprint density at radius 1 is 1.19 bits per heavy atom. The molecule has 3 rings (SSSR count). The van der Waals surface area contributed by atoms with Crippen molar-refractivity contribution in [3.63, 3.8) is 0 Å². The van der Waals surface area contributed by atoms with Gasteiger partial charge in [-0.3, -0.25) is 4.79 Å². The van der Waals surface area contributed by atoms with Crippen molar-refractivity contribution >= 4 is 24.0 Å². The zero-order valence-corrected chi connectivity index (χ0v) is 16.0. The topological polar surface area (TPSA) is 79.8 Å². The average molecular weight is 385 g/mol. The Morgan fingerprint density at radius 2 is 1.85 bits per heavy atom. The highest BCUT2D eigenvalue weighted by Gasteiger charge is 2.39. The van der Waals surface area contributed by atoms with E-state index in [2.05, 4.69) is 10.6 Å². The first-order valence-electron chi connectivity index (χ1n) is 9.15. The minimum absolute atomic E-state index is 0. The molecule has 2 aliphatic rings. The Morgan fingerprint density at radius 3 is 2.46 bits per heavy atom. The molecule has 0 spiro atoms. The Balaban J connectivity index is 0.00000243. The smallest absolute Gasteiger partial charge is 0.256 e. The maximum absolute atomic E-state index is 12.6. The molecule has 6 nitrogen and oxygen atoms in total. The summed E-state index contributed by atoms with van der Waals surface area (Å²) in [6.45, 7) is 1.55. The van der Waals surface area contributed by atoms with Gasteiger partial charge in [-0.05, 0) is 69.5 Å². The minimum Gasteiger partial charge on any atom is -0.488 e. The van der Waals surface area contributed by atoms with Crippen LogP contribution in [0.4, 0.5) is 5.69 Å². The third-order valence-electron chi connectivity index (χ3n) is 5.28. The van der Waals surface area contributed by atoms with Gasteiger partial charge in [0.25, 0.3) is 5.91 Å². The van der Waals surface area contributed by atoms with E-state index in [1.807, 2.05) is 24.3 Å². The molecule has 0 bridgehead atoms. The second kappa shape index (κ2) is 9.55. The molecule has 1 saturated carbocycles. The Hall–Kier alpha value is -1.34. The summed E-state index contributed by atoms with van der Waals surface area (Å²) in [6, 6.07) is 7.32. The first-order chi connectivity index (χ1) is 12.1. The molecular weight excluding hydrogens is 356 g/mol. The summed E-state index contributed by atoms with van der Waals surface area (Å²) >= 11 is 0. The monoisotopic (exact) mass is 384 g/mol. The van der Waals surface area contributed by atoms with E-state index < -0.39 is 11.7 Å². The Labute approximate surface area is 161 Å². The van der Waals surface area contributed by atoms with Crippen molar-refractivity contribution in [3.8, 4) is 5.75 Å². The van der Waals surface area contributed by atoms with Crippen molar-refractivity contribution in [1.82, 2.24) is 5.32 Å². The number of amides is 1. The lowest BCUT2D eigenvalue weighted by atomic mass is 9.91. The van der Waals surface area contributed by atoms with Gasteiger partial charge in [0.2, 0.25) is 0 Å². The van der Waals surface area contributed by atoms with Gasteiger partial charge in [-0.25, -0.2) is 0 Å². The van der Waals surface area contributed by atoms with Gasteiger partial charge in [0.15, 0.2) is 0 Å².